The third kappa shape index (κ3) is 1.16. The highest BCUT2D eigenvalue weighted by Crippen LogP contribution is 2.27. The first-order valence-corrected chi connectivity index (χ1v) is 5.23. The van der Waals surface area contributed by atoms with E-state index in [1.165, 1.54) is 32.9 Å². The van der Waals surface area contributed by atoms with Crippen LogP contribution in [0, 0.1) is 13.8 Å². The van der Waals surface area contributed by atoms with Crippen LogP contribution in [0.5, 0.6) is 0 Å². The molecule has 3 rings (SSSR count). The van der Waals surface area contributed by atoms with E-state index >= 15 is 0 Å². The molecule has 1 nitrogen and oxygen atoms in total. The Morgan fingerprint density at radius 1 is 0.933 bits per heavy atom. The van der Waals surface area contributed by atoms with Crippen molar-refractivity contribution in [2.24, 2.45) is 0 Å². The maximum Gasteiger partial charge on any atom is 0.0494 e. The fourth-order valence-corrected chi connectivity index (χ4v) is 2.19. The standard InChI is InChI=1S/C14H13N/c1-9-6-7-11-12-5-3-4-10(2)14(12)15-13(11)8-9/h3-8,15H,1-2H3. The van der Waals surface area contributed by atoms with Gasteiger partial charge in [-0.25, -0.2) is 0 Å². The number of fused-ring (bicyclic) bond motifs is 3. The van der Waals surface area contributed by atoms with Crippen molar-refractivity contribution in [1.82, 2.24) is 4.98 Å². The zero-order valence-electron chi connectivity index (χ0n) is 8.96. The third-order valence-electron chi connectivity index (χ3n) is 3.00. The Labute approximate surface area is 88.7 Å². The number of hydrogen-bond acceptors (Lipinski definition) is 0. The SMILES string of the molecule is Cc1ccc2c(c1)[nH]c1c(C)cccc12. The Morgan fingerprint density at radius 2 is 1.80 bits per heavy atom. The van der Waals surface area contributed by atoms with Gasteiger partial charge >= 0.3 is 0 Å². The predicted molar refractivity (Wildman–Crippen MR) is 65.3 cm³/mol. The van der Waals surface area contributed by atoms with Gasteiger partial charge in [-0.05, 0) is 31.0 Å². The Bertz CT molecular complexity index is 647. The average Bonchev–Trinajstić information content (AvgIpc) is 2.57. The summed E-state index contributed by atoms with van der Waals surface area (Å²) in [7, 11) is 0. The number of benzene rings is 2. The molecule has 0 aliphatic carbocycles. The van der Waals surface area contributed by atoms with E-state index in [-0.39, 0.29) is 0 Å². The van der Waals surface area contributed by atoms with E-state index in [0.717, 1.165) is 0 Å². The third-order valence-corrected chi connectivity index (χ3v) is 3.00. The number of nitrogens with one attached hydrogen (secondary N) is 1. The molecular weight excluding hydrogens is 182 g/mol. The van der Waals surface area contributed by atoms with Crippen molar-refractivity contribution < 1.29 is 0 Å². The average molecular weight is 195 g/mol. The van der Waals surface area contributed by atoms with Crippen molar-refractivity contribution in [1.29, 1.82) is 0 Å². The molecule has 0 aliphatic heterocycles. The Morgan fingerprint density at radius 3 is 2.67 bits per heavy atom. The van der Waals surface area contributed by atoms with E-state index in [2.05, 4.69) is 55.2 Å². The van der Waals surface area contributed by atoms with Gasteiger partial charge in [0.15, 0.2) is 0 Å². The summed E-state index contributed by atoms with van der Waals surface area (Å²) >= 11 is 0. The minimum atomic E-state index is 1.24. The number of aromatic amines is 1. The molecular formula is C14H13N. The second-order valence-electron chi connectivity index (χ2n) is 4.17. The minimum Gasteiger partial charge on any atom is -0.354 e. The first kappa shape index (κ1) is 8.54. The van der Waals surface area contributed by atoms with Gasteiger partial charge in [0.25, 0.3) is 0 Å². The summed E-state index contributed by atoms with van der Waals surface area (Å²) in [5, 5.41) is 2.64. The van der Waals surface area contributed by atoms with Gasteiger partial charge in [0.05, 0.1) is 0 Å². The first-order valence-electron chi connectivity index (χ1n) is 5.23. The van der Waals surface area contributed by atoms with Crippen LogP contribution < -0.4 is 0 Å². The van der Waals surface area contributed by atoms with Gasteiger partial charge in [-0.15, -0.1) is 0 Å². The zero-order valence-corrected chi connectivity index (χ0v) is 8.96. The van der Waals surface area contributed by atoms with Crippen LogP contribution in [0.25, 0.3) is 21.8 Å². The normalized spacial score (nSPS) is 11.3. The van der Waals surface area contributed by atoms with Crippen LogP contribution in [0.2, 0.25) is 0 Å². The van der Waals surface area contributed by atoms with Crippen LogP contribution in [-0.2, 0) is 0 Å². The molecule has 15 heavy (non-hydrogen) atoms. The number of aryl methyl sites for hydroxylation is 2. The van der Waals surface area contributed by atoms with E-state index in [0.29, 0.717) is 0 Å². The lowest BCUT2D eigenvalue weighted by atomic mass is 10.1. The Kier molecular flexibility index (Phi) is 1.63. The van der Waals surface area contributed by atoms with Gasteiger partial charge in [0.2, 0.25) is 0 Å². The predicted octanol–water partition coefficient (Wildman–Crippen LogP) is 3.94. The summed E-state index contributed by atoms with van der Waals surface area (Å²) in [5.41, 5.74) is 5.10. The topological polar surface area (TPSA) is 15.8 Å². The fourth-order valence-electron chi connectivity index (χ4n) is 2.19. The fraction of sp³-hybridized carbons (Fsp3) is 0.143. The molecule has 0 saturated carbocycles. The van der Waals surface area contributed by atoms with Gasteiger partial charge in [-0.2, -0.15) is 0 Å². The summed E-state index contributed by atoms with van der Waals surface area (Å²) < 4.78 is 0. The van der Waals surface area contributed by atoms with Crippen LogP contribution >= 0.6 is 0 Å². The largest absolute Gasteiger partial charge is 0.354 e. The highest BCUT2D eigenvalue weighted by Gasteiger charge is 2.04. The summed E-state index contributed by atoms with van der Waals surface area (Å²) in [6.07, 6.45) is 0. The van der Waals surface area contributed by atoms with E-state index < -0.39 is 0 Å². The lowest BCUT2D eigenvalue weighted by molar-refractivity contribution is 1.44. The molecule has 0 fully saturated rings. The van der Waals surface area contributed by atoms with E-state index in [1.54, 1.807) is 0 Å². The van der Waals surface area contributed by atoms with Crippen molar-refractivity contribution >= 4 is 21.8 Å². The summed E-state index contributed by atoms with van der Waals surface area (Å²) in [5.74, 6) is 0. The van der Waals surface area contributed by atoms with Gasteiger partial charge < -0.3 is 4.98 Å². The number of H-pyrrole nitrogens is 1. The molecule has 0 aliphatic rings. The summed E-state index contributed by atoms with van der Waals surface area (Å²) in [4.78, 5) is 3.49. The van der Waals surface area contributed by atoms with Crippen molar-refractivity contribution in [3.05, 3.63) is 47.5 Å². The molecule has 0 unspecified atom stereocenters. The van der Waals surface area contributed by atoms with Gasteiger partial charge in [-0.1, -0.05) is 30.3 Å². The highest BCUT2D eigenvalue weighted by atomic mass is 14.7. The molecule has 0 radical (unpaired) electrons. The van der Waals surface area contributed by atoms with Gasteiger partial charge in [0.1, 0.15) is 0 Å². The van der Waals surface area contributed by atoms with Gasteiger partial charge in [0, 0.05) is 21.8 Å². The van der Waals surface area contributed by atoms with Crippen LogP contribution in [0.4, 0.5) is 0 Å². The zero-order chi connectivity index (χ0) is 10.4. The van der Waals surface area contributed by atoms with E-state index in [4.69, 9.17) is 0 Å². The Hall–Kier alpha value is -1.76. The number of para-hydroxylation sites is 1. The van der Waals surface area contributed by atoms with Crippen molar-refractivity contribution in [3.63, 3.8) is 0 Å². The molecule has 0 amide bonds. The molecule has 0 saturated heterocycles. The molecule has 1 aromatic heterocycles. The quantitative estimate of drug-likeness (QED) is 0.559. The lowest BCUT2D eigenvalue weighted by Crippen LogP contribution is -1.73. The highest BCUT2D eigenvalue weighted by molar-refractivity contribution is 6.08. The molecule has 1 heteroatoms. The smallest absolute Gasteiger partial charge is 0.0494 e. The number of aromatic nitrogens is 1. The number of rotatable bonds is 0. The van der Waals surface area contributed by atoms with Crippen molar-refractivity contribution in [2.45, 2.75) is 13.8 Å². The van der Waals surface area contributed by atoms with Gasteiger partial charge in [-0.3, -0.25) is 0 Å². The minimum absolute atomic E-state index is 1.24. The summed E-state index contributed by atoms with van der Waals surface area (Å²) in [6, 6.07) is 13.0. The van der Waals surface area contributed by atoms with E-state index in [1.807, 2.05) is 0 Å². The lowest BCUT2D eigenvalue weighted by Gasteiger charge is -1.94. The monoisotopic (exact) mass is 195 g/mol. The Balaban J connectivity index is 2.57. The summed E-state index contributed by atoms with van der Waals surface area (Å²) in [6.45, 7) is 4.27. The second-order valence-corrected chi connectivity index (χ2v) is 4.17. The molecule has 1 heterocycles. The maximum atomic E-state index is 3.49. The van der Waals surface area contributed by atoms with Crippen LogP contribution in [-0.4, -0.2) is 4.98 Å². The van der Waals surface area contributed by atoms with Crippen LogP contribution in [0.1, 0.15) is 11.1 Å². The molecule has 0 bridgehead atoms. The molecule has 74 valence electrons. The molecule has 1 N–H and O–H groups in total. The molecule has 3 aromatic rings. The second kappa shape index (κ2) is 2.86. The van der Waals surface area contributed by atoms with Crippen LogP contribution in [0.3, 0.4) is 0 Å². The molecule has 0 atom stereocenters. The number of hydrogen-bond donors (Lipinski definition) is 1. The van der Waals surface area contributed by atoms with Crippen molar-refractivity contribution in [3.8, 4) is 0 Å². The van der Waals surface area contributed by atoms with Crippen LogP contribution in [0.15, 0.2) is 36.4 Å². The molecule has 0 spiro atoms. The van der Waals surface area contributed by atoms with E-state index in [9.17, 15) is 0 Å². The van der Waals surface area contributed by atoms with Crippen molar-refractivity contribution in [2.75, 3.05) is 0 Å². The molecule has 2 aromatic carbocycles. The first-order chi connectivity index (χ1) is 7.25. The maximum absolute atomic E-state index is 3.49.